The number of hydrogen-bond donors (Lipinski definition) is 0. The van der Waals surface area contributed by atoms with Gasteiger partial charge in [-0.25, -0.2) is 13.9 Å². The topological polar surface area (TPSA) is 35.1 Å². The highest BCUT2D eigenvalue weighted by atomic mass is 16.5. The summed E-state index contributed by atoms with van der Waals surface area (Å²) in [5, 5.41) is 0. The van der Waals surface area contributed by atoms with Gasteiger partial charge in [0.15, 0.2) is 11.0 Å². The van der Waals surface area contributed by atoms with Crippen molar-refractivity contribution in [1.29, 1.82) is 0 Å². The largest absolute Gasteiger partial charge is 0.462 e. The van der Waals surface area contributed by atoms with Gasteiger partial charge >= 0.3 is 5.97 Å². The highest BCUT2D eigenvalue weighted by Crippen LogP contribution is 2.19. The molecule has 2 aromatic carbocycles. The lowest BCUT2D eigenvalue weighted by Crippen LogP contribution is -2.35. The number of carbonyl (C=O) groups excluding carboxylic acids is 1. The Bertz CT molecular complexity index is 866. The molecule has 0 bridgehead atoms. The number of nitrogens with zero attached hydrogens (tertiary/aromatic N) is 2. The van der Waals surface area contributed by atoms with Crippen LogP contribution in [0.25, 0.3) is 11.0 Å². The quantitative estimate of drug-likeness (QED) is 0.532. The molecular formula is C20H23N2O2+. The highest BCUT2D eigenvalue weighted by molar-refractivity contribution is 5.93. The van der Waals surface area contributed by atoms with Crippen LogP contribution in [-0.4, -0.2) is 17.1 Å². The number of imidazole rings is 1. The third-order valence-corrected chi connectivity index (χ3v) is 4.35. The summed E-state index contributed by atoms with van der Waals surface area (Å²) in [4.78, 5) is 12.1. The predicted molar refractivity (Wildman–Crippen MR) is 94.0 cm³/mol. The fourth-order valence-corrected chi connectivity index (χ4v) is 3.17. The van der Waals surface area contributed by atoms with Gasteiger partial charge in [0.1, 0.15) is 6.54 Å². The van der Waals surface area contributed by atoms with Gasteiger partial charge in [-0.15, -0.1) is 0 Å². The van der Waals surface area contributed by atoms with Crippen molar-refractivity contribution in [2.45, 2.75) is 33.9 Å². The third-order valence-electron chi connectivity index (χ3n) is 4.35. The maximum atomic E-state index is 12.1. The molecule has 4 heteroatoms. The number of esters is 1. The van der Waals surface area contributed by atoms with Gasteiger partial charge in [0.2, 0.25) is 0 Å². The van der Waals surface area contributed by atoms with Crippen LogP contribution in [0.5, 0.6) is 0 Å². The second-order valence-electron chi connectivity index (χ2n) is 5.79. The highest BCUT2D eigenvalue weighted by Gasteiger charge is 2.22. The first-order valence-corrected chi connectivity index (χ1v) is 8.39. The van der Waals surface area contributed by atoms with Crippen LogP contribution in [0.15, 0.2) is 48.5 Å². The standard InChI is InChI=1S/C20H23N2O2/c1-4-21-15(3)22(14-16-9-7-6-8-10-16)19-13-17(11-12-18(19)21)20(23)24-5-2/h6-13H,4-5,14H2,1-3H3/q+1. The Morgan fingerprint density at radius 2 is 1.88 bits per heavy atom. The predicted octanol–water partition coefficient (Wildman–Crippen LogP) is 3.48. The maximum absolute atomic E-state index is 12.1. The second-order valence-corrected chi connectivity index (χ2v) is 5.79. The molecule has 1 heterocycles. The van der Waals surface area contributed by atoms with Gasteiger partial charge in [-0.3, -0.25) is 0 Å². The van der Waals surface area contributed by atoms with E-state index in [-0.39, 0.29) is 5.97 Å². The Morgan fingerprint density at radius 3 is 2.54 bits per heavy atom. The first kappa shape index (κ1) is 16.2. The molecule has 0 aliphatic carbocycles. The summed E-state index contributed by atoms with van der Waals surface area (Å²) in [6, 6.07) is 16.2. The van der Waals surface area contributed by atoms with Gasteiger partial charge in [0, 0.05) is 13.0 Å². The van der Waals surface area contributed by atoms with Gasteiger partial charge in [-0.1, -0.05) is 30.3 Å². The monoisotopic (exact) mass is 323 g/mol. The fourth-order valence-electron chi connectivity index (χ4n) is 3.17. The van der Waals surface area contributed by atoms with Crippen molar-refractivity contribution < 1.29 is 14.1 Å². The summed E-state index contributed by atoms with van der Waals surface area (Å²) in [5.74, 6) is 0.907. The third kappa shape index (κ3) is 2.92. The normalized spacial score (nSPS) is 11.0. The minimum Gasteiger partial charge on any atom is -0.462 e. The summed E-state index contributed by atoms with van der Waals surface area (Å²) in [7, 11) is 0. The first-order chi connectivity index (χ1) is 11.7. The zero-order valence-electron chi connectivity index (χ0n) is 14.5. The van der Waals surface area contributed by atoms with Crippen LogP contribution in [0.4, 0.5) is 0 Å². The van der Waals surface area contributed by atoms with Crippen LogP contribution < -0.4 is 4.57 Å². The molecule has 124 valence electrons. The molecule has 0 radical (unpaired) electrons. The lowest BCUT2D eigenvalue weighted by atomic mass is 10.2. The Morgan fingerprint density at radius 1 is 1.12 bits per heavy atom. The molecule has 24 heavy (non-hydrogen) atoms. The average Bonchev–Trinajstić information content (AvgIpc) is 2.87. The average molecular weight is 323 g/mol. The minimum absolute atomic E-state index is 0.271. The smallest absolute Gasteiger partial charge is 0.338 e. The first-order valence-electron chi connectivity index (χ1n) is 8.39. The van der Waals surface area contributed by atoms with Crippen LogP contribution in [0.1, 0.15) is 35.6 Å². The van der Waals surface area contributed by atoms with E-state index in [2.05, 4.69) is 35.1 Å². The van der Waals surface area contributed by atoms with Crippen LogP contribution >= 0.6 is 0 Å². The molecule has 0 saturated heterocycles. The number of carbonyl (C=O) groups is 1. The van der Waals surface area contributed by atoms with Gasteiger partial charge in [-0.05, 0) is 31.5 Å². The molecular weight excluding hydrogens is 300 g/mol. The molecule has 0 N–H and O–H groups in total. The van der Waals surface area contributed by atoms with E-state index in [0.29, 0.717) is 12.2 Å². The van der Waals surface area contributed by atoms with Crippen molar-refractivity contribution in [3.8, 4) is 0 Å². The fraction of sp³-hybridized carbons (Fsp3) is 0.300. The summed E-state index contributed by atoms with van der Waals surface area (Å²) in [6.07, 6.45) is 0. The second kappa shape index (κ2) is 6.87. The van der Waals surface area contributed by atoms with Crippen molar-refractivity contribution in [1.82, 2.24) is 4.57 Å². The lowest BCUT2D eigenvalue weighted by molar-refractivity contribution is -0.674. The van der Waals surface area contributed by atoms with E-state index in [1.54, 1.807) is 0 Å². The molecule has 0 saturated carbocycles. The molecule has 0 fully saturated rings. The number of hydrogen-bond acceptors (Lipinski definition) is 2. The number of benzene rings is 2. The minimum atomic E-state index is -0.271. The Labute approximate surface area is 142 Å². The molecule has 0 aliphatic heterocycles. The Kier molecular flexibility index (Phi) is 4.65. The zero-order valence-corrected chi connectivity index (χ0v) is 14.5. The van der Waals surface area contributed by atoms with Crippen molar-refractivity contribution in [3.63, 3.8) is 0 Å². The van der Waals surface area contributed by atoms with Crippen LogP contribution in [0, 0.1) is 6.92 Å². The van der Waals surface area contributed by atoms with Gasteiger partial charge < -0.3 is 4.74 Å². The van der Waals surface area contributed by atoms with E-state index < -0.39 is 0 Å². The SMILES string of the molecule is CCOC(=O)c1ccc2c(c1)n(Cc1ccccc1)c(C)[n+]2CC. The molecule has 0 atom stereocenters. The van der Waals surface area contributed by atoms with E-state index in [0.717, 1.165) is 24.1 Å². The van der Waals surface area contributed by atoms with Gasteiger partial charge in [0.05, 0.1) is 18.7 Å². The Balaban J connectivity index is 2.13. The number of aromatic nitrogens is 2. The van der Waals surface area contributed by atoms with Crippen molar-refractivity contribution in [2.24, 2.45) is 0 Å². The molecule has 1 aromatic heterocycles. The van der Waals surface area contributed by atoms with E-state index in [4.69, 9.17) is 4.74 Å². The number of fused-ring (bicyclic) bond motifs is 1. The van der Waals surface area contributed by atoms with Gasteiger partial charge in [-0.2, -0.15) is 0 Å². The molecule has 0 spiro atoms. The Hall–Kier alpha value is -2.62. The molecule has 0 amide bonds. The zero-order chi connectivity index (χ0) is 17.1. The maximum Gasteiger partial charge on any atom is 0.338 e. The summed E-state index contributed by atoms with van der Waals surface area (Å²) >= 11 is 0. The molecule has 0 unspecified atom stereocenters. The van der Waals surface area contributed by atoms with E-state index in [1.807, 2.05) is 43.3 Å². The van der Waals surface area contributed by atoms with E-state index in [9.17, 15) is 4.79 Å². The van der Waals surface area contributed by atoms with Crippen LogP contribution in [-0.2, 0) is 17.8 Å². The lowest BCUT2D eigenvalue weighted by Gasteiger charge is -2.03. The number of rotatable bonds is 5. The summed E-state index contributed by atoms with van der Waals surface area (Å²) in [5.41, 5.74) is 4.03. The summed E-state index contributed by atoms with van der Waals surface area (Å²) < 4.78 is 9.68. The van der Waals surface area contributed by atoms with Crippen molar-refractivity contribution >= 4 is 17.0 Å². The van der Waals surface area contributed by atoms with Crippen molar-refractivity contribution in [2.75, 3.05) is 6.61 Å². The van der Waals surface area contributed by atoms with E-state index in [1.165, 1.54) is 11.4 Å². The van der Waals surface area contributed by atoms with Crippen LogP contribution in [0.2, 0.25) is 0 Å². The molecule has 3 aromatic rings. The summed E-state index contributed by atoms with van der Waals surface area (Å²) in [6.45, 7) is 8.14. The number of aryl methyl sites for hydroxylation is 1. The van der Waals surface area contributed by atoms with Gasteiger partial charge in [0.25, 0.3) is 5.82 Å². The molecule has 3 rings (SSSR count). The van der Waals surface area contributed by atoms with Crippen LogP contribution in [0.3, 0.4) is 0 Å². The number of ether oxygens (including phenoxy) is 1. The van der Waals surface area contributed by atoms with E-state index >= 15 is 0 Å². The molecule has 4 nitrogen and oxygen atoms in total. The molecule has 0 aliphatic rings. The van der Waals surface area contributed by atoms with Crippen molar-refractivity contribution in [3.05, 3.63) is 65.5 Å².